The van der Waals surface area contributed by atoms with Gasteiger partial charge >= 0.3 is 0 Å². The smallest absolute Gasteiger partial charge is 0.237 e. The predicted molar refractivity (Wildman–Crippen MR) is 115 cm³/mol. The number of rotatable bonds is 7. The molecule has 1 aromatic carbocycles. The normalized spacial score (nSPS) is 21.8. The topological polar surface area (TPSA) is 77.2 Å². The fourth-order valence-electron chi connectivity index (χ4n) is 4.73. The summed E-state index contributed by atoms with van der Waals surface area (Å²) in [6, 6.07) is 6.29. The zero-order chi connectivity index (χ0) is 20.4. The maximum absolute atomic E-state index is 13.0. The molecule has 0 aliphatic carbocycles. The highest BCUT2D eigenvalue weighted by Crippen LogP contribution is 2.34. The summed E-state index contributed by atoms with van der Waals surface area (Å²) >= 11 is 0. The van der Waals surface area contributed by atoms with E-state index in [4.69, 9.17) is 0 Å². The first-order chi connectivity index (χ1) is 14.0. The highest BCUT2D eigenvalue weighted by atomic mass is 16.2. The van der Waals surface area contributed by atoms with Crippen LogP contribution in [0.4, 0.5) is 0 Å². The van der Waals surface area contributed by atoms with Gasteiger partial charge in [-0.2, -0.15) is 0 Å². The largest absolute Gasteiger partial charge is 0.361 e. The highest BCUT2D eigenvalue weighted by Gasteiger charge is 2.30. The van der Waals surface area contributed by atoms with Crippen molar-refractivity contribution in [3.8, 4) is 0 Å². The van der Waals surface area contributed by atoms with E-state index in [-0.39, 0.29) is 23.9 Å². The number of hydrogen-bond donors (Lipinski definition) is 3. The molecule has 1 saturated heterocycles. The van der Waals surface area contributed by atoms with Crippen LogP contribution in [0, 0.1) is 5.92 Å². The summed E-state index contributed by atoms with van der Waals surface area (Å²) in [5.41, 5.74) is 3.64. The second kappa shape index (κ2) is 8.57. The number of H-pyrrole nitrogens is 1. The van der Waals surface area contributed by atoms with Crippen molar-refractivity contribution >= 4 is 22.7 Å². The quantitative estimate of drug-likeness (QED) is 0.630. The van der Waals surface area contributed by atoms with Crippen LogP contribution in [0.2, 0.25) is 0 Å². The molecular formula is C23H32N4O2. The number of aromatic nitrogens is 1. The number of aromatic amines is 1. The van der Waals surface area contributed by atoms with Crippen LogP contribution in [0.1, 0.15) is 56.7 Å². The first kappa shape index (κ1) is 20.0. The van der Waals surface area contributed by atoms with Crippen LogP contribution in [0.3, 0.4) is 0 Å². The molecule has 4 rings (SSSR count). The Bertz CT molecular complexity index is 888. The van der Waals surface area contributed by atoms with Crippen LogP contribution in [-0.2, 0) is 16.0 Å². The van der Waals surface area contributed by atoms with Crippen molar-refractivity contribution in [2.45, 2.75) is 58.0 Å². The fourth-order valence-corrected chi connectivity index (χ4v) is 4.73. The van der Waals surface area contributed by atoms with Crippen LogP contribution in [0.25, 0.3) is 10.9 Å². The van der Waals surface area contributed by atoms with Crippen molar-refractivity contribution in [2.75, 3.05) is 19.6 Å². The van der Waals surface area contributed by atoms with E-state index in [0.29, 0.717) is 25.3 Å². The number of hydrogen-bond acceptors (Lipinski definition) is 3. The van der Waals surface area contributed by atoms with Crippen molar-refractivity contribution < 1.29 is 9.59 Å². The van der Waals surface area contributed by atoms with E-state index < -0.39 is 0 Å². The van der Waals surface area contributed by atoms with Gasteiger partial charge < -0.3 is 15.2 Å². The summed E-state index contributed by atoms with van der Waals surface area (Å²) in [4.78, 5) is 30.0. The first-order valence-electron chi connectivity index (χ1n) is 10.9. The van der Waals surface area contributed by atoms with E-state index in [1.807, 2.05) is 11.1 Å². The van der Waals surface area contributed by atoms with E-state index in [1.165, 1.54) is 16.5 Å². The molecule has 1 aromatic heterocycles. The molecule has 3 heterocycles. The summed E-state index contributed by atoms with van der Waals surface area (Å²) < 4.78 is 0. The number of carbonyl (C=O) groups is 2. The Balaban J connectivity index is 1.42. The summed E-state index contributed by atoms with van der Waals surface area (Å²) in [5, 5.41) is 8.00. The lowest BCUT2D eigenvalue weighted by Gasteiger charge is -2.25. The highest BCUT2D eigenvalue weighted by molar-refractivity contribution is 5.90. The van der Waals surface area contributed by atoms with Gasteiger partial charge in [0.25, 0.3) is 0 Å². The second-order valence-corrected chi connectivity index (χ2v) is 8.82. The Labute approximate surface area is 172 Å². The van der Waals surface area contributed by atoms with Crippen LogP contribution < -0.4 is 10.6 Å². The molecule has 2 aliphatic heterocycles. The predicted octanol–water partition coefficient (Wildman–Crippen LogP) is 2.90. The van der Waals surface area contributed by atoms with Gasteiger partial charge in [0.1, 0.15) is 0 Å². The molecule has 6 heteroatoms. The zero-order valence-corrected chi connectivity index (χ0v) is 17.5. The average molecular weight is 397 g/mol. The zero-order valence-electron chi connectivity index (χ0n) is 17.5. The first-order valence-corrected chi connectivity index (χ1v) is 10.9. The Morgan fingerprint density at radius 1 is 1.34 bits per heavy atom. The lowest BCUT2D eigenvalue weighted by molar-refractivity contribution is -0.127. The number of carbonyl (C=O) groups excluding carboxylic acids is 2. The Morgan fingerprint density at radius 2 is 2.21 bits per heavy atom. The summed E-state index contributed by atoms with van der Waals surface area (Å²) in [5.74, 6) is 0.825. The maximum Gasteiger partial charge on any atom is 0.237 e. The van der Waals surface area contributed by atoms with E-state index >= 15 is 0 Å². The van der Waals surface area contributed by atoms with E-state index in [2.05, 4.69) is 47.7 Å². The van der Waals surface area contributed by atoms with Crippen molar-refractivity contribution in [2.24, 2.45) is 5.92 Å². The van der Waals surface area contributed by atoms with Crippen LogP contribution >= 0.6 is 0 Å². The minimum atomic E-state index is -0.251. The van der Waals surface area contributed by atoms with Crippen LogP contribution in [0.5, 0.6) is 0 Å². The fraction of sp³-hybridized carbons (Fsp3) is 0.565. The Morgan fingerprint density at radius 3 is 2.97 bits per heavy atom. The van der Waals surface area contributed by atoms with Gasteiger partial charge in [-0.25, -0.2) is 0 Å². The minimum absolute atomic E-state index is 0.0497. The number of nitrogens with zero attached hydrogens (tertiary/aromatic N) is 1. The molecule has 0 unspecified atom stereocenters. The molecule has 2 amide bonds. The molecule has 1 fully saturated rings. The molecule has 29 heavy (non-hydrogen) atoms. The van der Waals surface area contributed by atoms with Gasteiger partial charge in [-0.05, 0) is 48.8 Å². The number of nitrogens with one attached hydrogen (secondary N) is 3. The van der Waals surface area contributed by atoms with Gasteiger partial charge in [0.15, 0.2) is 0 Å². The van der Waals surface area contributed by atoms with Crippen molar-refractivity contribution in [1.82, 2.24) is 20.5 Å². The van der Waals surface area contributed by atoms with Crippen molar-refractivity contribution in [1.29, 1.82) is 0 Å². The molecule has 2 atom stereocenters. The molecule has 0 saturated carbocycles. The minimum Gasteiger partial charge on any atom is -0.361 e. The van der Waals surface area contributed by atoms with Crippen molar-refractivity contribution in [3.05, 3.63) is 35.5 Å². The Hall–Kier alpha value is -2.34. The van der Waals surface area contributed by atoms with Gasteiger partial charge in [-0.1, -0.05) is 26.0 Å². The van der Waals surface area contributed by atoms with Crippen molar-refractivity contribution in [3.63, 3.8) is 0 Å². The molecule has 0 radical (unpaired) electrons. The molecule has 0 bridgehead atoms. The SMILES string of the molecule is CC(C)C[C@@H]1N[C@H](C(=O)NCCCN2CCCC2=O)Cc2c[nH]c3cccc1c23. The standard InChI is InChI=1S/C23H32N4O2/c1-15(2)12-19-17-6-3-7-18-22(17)16(14-25-18)13-20(26-19)23(29)24-9-5-11-27-10-4-8-21(27)28/h3,6-7,14-15,19-20,25-26H,4-5,8-13H2,1-2H3,(H,24,29)/t19-,20-/m0/s1. The van der Waals surface area contributed by atoms with Gasteiger partial charge in [-0.3, -0.25) is 14.9 Å². The number of likely N-dealkylation sites (tertiary alicyclic amines) is 1. The average Bonchev–Trinajstić information content (AvgIpc) is 3.25. The molecule has 6 nitrogen and oxygen atoms in total. The molecule has 3 N–H and O–H groups in total. The number of amides is 2. The molecular weight excluding hydrogens is 364 g/mol. The third kappa shape index (κ3) is 4.32. The lowest BCUT2D eigenvalue weighted by Crippen LogP contribution is -2.47. The van der Waals surface area contributed by atoms with E-state index in [0.717, 1.165) is 37.9 Å². The van der Waals surface area contributed by atoms with Crippen LogP contribution in [0.15, 0.2) is 24.4 Å². The van der Waals surface area contributed by atoms with Gasteiger partial charge in [0, 0.05) is 49.2 Å². The third-order valence-corrected chi connectivity index (χ3v) is 6.12. The monoisotopic (exact) mass is 396 g/mol. The summed E-state index contributed by atoms with van der Waals surface area (Å²) in [7, 11) is 0. The third-order valence-electron chi connectivity index (χ3n) is 6.12. The van der Waals surface area contributed by atoms with E-state index in [1.54, 1.807) is 0 Å². The molecule has 0 spiro atoms. The second-order valence-electron chi connectivity index (χ2n) is 8.82. The molecule has 156 valence electrons. The molecule has 2 aromatic rings. The summed E-state index contributed by atoms with van der Waals surface area (Å²) in [6.07, 6.45) is 6.15. The van der Waals surface area contributed by atoms with Gasteiger partial charge in [-0.15, -0.1) is 0 Å². The Kier molecular flexibility index (Phi) is 5.90. The maximum atomic E-state index is 13.0. The van der Waals surface area contributed by atoms with Gasteiger partial charge in [0.05, 0.1) is 6.04 Å². The summed E-state index contributed by atoms with van der Waals surface area (Å²) in [6.45, 7) is 6.64. The van der Waals surface area contributed by atoms with Crippen LogP contribution in [-0.4, -0.2) is 47.4 Å². The number of benzene rings is 1. The van der Waals surface area contributed by atoms with Gasteiger partial charge in [0.2, 0.25) is 11.8 Å². The molecule has 2 aliphatic rings. The van der Waals surface area contributed by atoms with E-state index in [9.17, 15) is 9.59 Å². The lowest BCUT2D eigenvalue weighted by atomic mass is 9.94.